The minimum absolute atomic E-state index is 0.0621. The first-order valence-corrected chi connectivity index (χ1v) is 8.63. The van der Waals surface area contributed by atoms with Gasteiger partial charge in [-0.2, -0.15) is 0 Å². The minimum atomic E-state index is 0.0621. The predicted octanol–water partition coefficient (Wildman–Crippen LogP) is 5.13. The van der Waals surface area contributed by atoms with Crippen molar-refractivity contribution in [3.05, 3.63) is 45.6 Å². The number of carbonyl (C=O) groups excluding carboxylic acids is 1. The number of carbonyl (C=O) groups is 1. The van der Waals surface area contributed by atoms with Crippen LogP contribution in [0.2, 0.25) is 5.02 Å². The number of nitrogens with one attached hydrogen (secondary N) is 1. The summed E-state index contributed by atoms with van der Waals surface area (Å²) in [5.74, 6) is 0.0621. The van der Waals surface area contributed by atoms with Crippen LogP contribution in [0.3, 0.4) is 0 Å². The van der Waals surface area contributed by atoms with Crippen LogP contribution in [0.15, 0.2) is 35.7 Å². The van der Waals surface area contributed by atoms with Gasteiger partial charge in [-0.25, -0.2) is 0 Å². The second kappa shape index (κ2) is 6.63. The summed E-state index contributed by atoms with van der Waals surface area (Å²) in [4.78, 5) is 13.1. The third kappa shape index (κ3) is 3.66. The van der Waals surface area contributed by atoms with Crippen molar-refractivity contribution in [2.45, 2.75) is 38.1 Å². The molecule has 1 aromatic heterocycles. The lowest BCUT2D eigenvalue weighted by molar-refractivity contribution is 0.0932. The smallest absolute Gasteiger partial charge is 0.261 e. The molecule has 1 amide bonds. The van der Waals surface area contributed by atoms with Crippen LogP contribution in [0.4, 0.5) is 0 Å². The highest BCUT2D eigenvalue weighted by Crippen LogP contribution is 2.27. The Morgan fingerprint density at radius 1 is 1.10 bits per heavy atom. The molecule has 1 aromatic carbocycles. The summed E-state index contributed by atoms with van der Waals surface area (Å²) in [5, 5.41) is 5.91. The summed E-state index contributed by atoms with van der Waals surface area (Å²) in [6.07, 6.45) is 5.98. The third-order valence-corrected chi connectivity index (χ3v) is 5.12. The molecule has 0 saturated heterocycles. The maximum absolute atomic E-state index is 12.3. The van der Waals surface area contributed by atoms with Crippen LogP contribution in [0.25, 0.3) is 11.1 Å². The number of rotatable bonds is 3. The first kappa shape index (κ1) is 14.6. The Labute approximate surface area is 134 Å². The summed E-state index contributed by atoms with van der Waals surface area (Å²) in [6, 6.07) is 10.0. The molecule has 1 heterocycles. The summed E-state index contributed by atoms with van der Waals surface area (Å²) >= 11 is 7.40. The molecule has 0 aliphatic heterocycles. The van der Waals surface area contributed by atoms with Gasteiger partial charge in [-0.05, 0) is 47.5 Å². The molecule has 0 spiro atoms. The molecule has 0 bridgehead atoms. The molecule has 21 heavy (non-hydrogen) atoms. The highest BCUT2D eigenvalue weighted by molar-refractivity contribution is 7.12. The average Bonchev–Trinajstić information content (AvgIpc) is 2.99. The highest BCUT2D eigenvalue weighted by atomic mass is 35.5. The number of hydrogen-bond donors (Lipinski definition) is 1. The van der Waals surface area contributed by atoms with E-state index in [1.54, 1.807) is 0 Å². The monoisotopic (exact) mass is 319 g/mol. The summed E-state index contributed by atoms with van der Waals surface area (Å²) in [6.45, 7) is 0. The van der Waals surface area contributed by atoms with Crippen molar-refractivity contribution < 1.29 is 4.79 Å². The van der Waals surface area contributed by atoms with Gasteiger partial charge in [0.2, 0.25) is 0 Å². The van der Waals surface area contributed by atoms with E-state index in [2.05, 4.69) is 5.32 Å². The standard InChI is InChI=1S/C17H18ClNOS/c18-14-8-6-12(7-9-14)13-10-16(21-11-13)17(20)19-15-4-2-1-3-5-15/h6-11,15H,1-5H2,(H,19,20). The van der Waals surface area contributed by atoms with E-state index in [9.17, 15) is 4.79 Å². The van der Waals surface area contributed by atoms with E-state index in [1.165, 1.54) is 30.6 Å². The highest BCUT2D eigenvalue weighted by Gasteiger charge is 2.17. The fraction of sp³-hybridized carbons (Fsp3) is 0.353. The van der Waals surface area contributed by atoms with Crippen molar-refractivity contribution in [3.8, 4) is 11.1 Å². The fourth-order valence-corrected chi connectivity index (χ4v) is 3.70. The van der Waals surface area contributed by atoms with E-state index in [1.807, 2.05) is 35.7 Å². The zero-order valence-electron chi connectivity index (χ0n) is 11.8. The van der Waals surface area contributed by atoms with E-state index >= 15 is 0 Å². The van der Waals surface area contributed by atoms with Crippen LogP contribution >= 0.6 is 22.9 Å². The Kier molecular flexibility index (Phi) is 4.61. The number of amides is 1. The predicted molar refractivity (Wildman–Crippen MR) is 89.1 cm³/mol. The van der Waals surface area contributed by atoms with Crippen molar-refractivity contribution in [3.63, 3.8) is 0 Å². The molecule has 0 radical (unpaired) electrons. The Balaban J connectivity index is 1.69. The summed E-state index contributed by atoms with van der Waals surface area (Å²) < 4.78 is 0. The van der Waals surface area contributed by atoms with E-state index in [4.69, 9.17) is 11.6 Å². The van der Waals surface area contributed by atoms with Gasteiger partial charge in [0.1, 0.15) is 0 Å². The molecular formula is C17H18ClNOS. The van der Waals surface area contributed by atoms with Gasteiger partial charge in [-0.3, -0.25) is 4.79 Å². The Morgan fingerprint density at radius 2 is 1.81 bits per heavy atom. The van der Waals surface area contributed by atoms with Gasteiger partial charge in [0.25, 0.3) is 5.91 Å². The summed E-state index contributed by atoms with van der Waals surface area (Å²) in [5.41, 5.74) is 2.16. The lowest BCUT2D eigenvalue weighted by atomic mass is 9.95. The molecule has 0 unspecified atom stereocenters. The SMILES string of the molecule is O=C(NC1CCCCC1)c1cc(-c2ccc(Cl)cc2)cs1. The van der Waals surface area contributed by atoms with Crippen LogP contribution in [-0.4, -0.2) is 11.9 Å². The molecule has 110 valence electrons. The maximum atomic E-state index is 12.3. The molecule has 2 nitrogen and oxygen atoms in total. The van der Waals surface area contributed by atoms with Gasteiger partial charge in [-0.1, -0.05) is 43.0 Å². The van der Waals surface area contributed by atoms with E-state index in [0.717, 1.165) is 33.9 Å². The summed E-state index contributed by atoms with van der Waals surface area (Å²) in [7, 11) is 0. The van der Waals surface area contributed by atoms with Gasteiger partial charge in [0.15, 0.2) is 0 Å². The number of halogens is 1. The Morgan fingerprint density at radius 3 is 2.52 bits per heavy atom. The average molecular weight is 320 g/mol. The Bertz CT molecular complexity index is 614. The van der Waals surface area contributed by atoms with Crippen molar-refractivity contribution in [1.29, 1.82) is 0 Å². The zero-order chi connectivity index (χ0) is 14.7. The van der Waals surface area contributed by atoms with Crippen molar-refractivity contribution in [1.82, 2.24) is 5.32 Å². The normalized spacial score (nSPS) is 15.9. The van der Waals surface area contributed by atoms with Gasteiger partial charge >= 0.3 is 0 Å². The van der Waals surface area contributed by atoms with Crippen molar-refractivity contribution >= 4 is 28.8 Å². The molecule has 1 saturated carbocycles. The van der Waals surface area contributed by atoms with Crippen LogP contribution < -0.4 is 5.32 Å². The zero-order valence-corrected chi connectivity index (χ0v) is 13.3. The topological polar surface area (TPSA) is 29.1 Å². The molecule has 1 aliphatic carbocycles. The molecular weight excluding hydrogens is 302 g/mol. The first-order chi connectivity index (χ1) is 10.2. The largest absolute Gasteiger partial charge is 0.349 e. The van der Waals surface area contributed by atoms with Crippen LogP contribution in [0.1, 0.15) is 41.8 Å². The van der Waals surface area contributed by atoms with Gasteiger partial charge in [0.05, 0.1) is 4.88 Å². The maximum Gasteiger partial charge on any atom is 0.261 e. The van der Waals surface area contributed by atoms with Crippen molar-refractivity contribution in [2.24, 2.45) is 0 Å². The van der Waals surface area contributed by atoms with E-state index in [0.29, 0.717) is 6.04 Å². The minimum Gasteiger partial charge on any atom is -0.349 e. The van der Waals surface area contributed by atoms with E-state index in [-0.39, 0.29) is 5.91 Å². The second-order valence-electron chi connectivity index (χ2n) is 5.51. The lowest BCUT2D eigenvalue weighted by Crippen LogP contribution is -2.35. The number of thiophene rings is 1. The van der Waals surface area contributed by atoms with E-state index < -0.39 is 0 Å². The molecule has 3 rings (SSSR count). The van der Waals surface area contributed by atoms with Crippen LogP contribution in [0, 0.1) is 0 Å². The molecule has 2 aromatic rings. The quantitative estimate of drug-likeness (QED) is 0.834. The number of hydrogen-bond acceptors (Lipinski definition) is 2. The molecule has 4 heteroatoms. The Hall–Kier alpha value is -1.32. The van der Waals surface area contributed by atoms with Gasteiger partial charge < -0.3 is 5.32 Å². The van der Waals surface area contributed by atoms with Crippen molar-refractivity contribution in [2.75, 3.05) is 0 Å². The molecule has 0 atom stereocenters. The molecule has 1 fully saturated rings. The third-order valence-electron chi connectivity index (χ3n) is 3.94. The fourth-order valence-electron chi connectivity index (χ4n) is 2.75. The molecule has 1 aliphatic rings. The number of benzene rings is 1. The second-order valence-corrected chi connectivity index (χ2v) is 6.86. The first-order valence-electron chi connectivity index (χ1n) is 7.38. The van der Waals surface area contributed by atoms with Gasteiger partial charge in [0, 0.05) is 11.1 Å². The van der Waals surface area contributed by atoms with Crippen LogP contribution in [0.5, 0.6) is 0 Å². The van der Waals surface area contributed by atoms with Crippen LogP contribution in [-0.2, 0) is 0 Å². The molecule has 1 N–H and O–H groups in total. The van der Waals surface area contributed by atoms with Gasteiger partial charge in [-0.15, -0.1) is 11.3 Å². The lowest BCUT2D eigenvalue weighted by Gasteiger charge is -2.22.